The summed E-state index contributed by atoms with van der Waals surface area (Å²) < 4.78 is 2.61. The van der Waals surface area contributed by atoms with Crippen LogP contribution in [0, 0.1) is 0 Å². The summed E-state index contributed by atoms with van der Waals surface area (Å²) in [5.41, 5.74) is 15.9. The second-order valence-corrected chi connectivity index (χ2v) is 17.9. The minimum absolute atomic E-state index is 0.161. The summed E-state index contributed by atoms with van der Waals surface area (Å²) >= 11 is 1.87. The van der Waals surface area contributed by atoms with Crippen molar-refractivity contribution >= 4 is 70.1 Å². The van der Waals surface area contributed by atoms with Gasteiger partial charge in [0.1, 0.15) is 0 Å². The Kier molecular flexibility index (Phi) is 8.13. The fourth-order valence-corrected chi connectivity index (χ4v) is 11.3. The first-order chi connectivity index (χ1) is 30.0. The smallest absolute Gasteiger partial charge is 0.0546 e. The van der Waals surface area contributed by atoms with Gasteiger partial charge in [-0.25, -0.2) is 0 Å². The summed E-state index contributed by atoms with van der Waals surface area (Å²) in [5.74, 6) is 0. The Hall–Kier alpha value is -7.26. The molecule has 0 bridgehead atoms. The highest BCUT2D eigenvalue weighted by Gasteiger charge is 2.36. The molecule has 0 amide bonds. The third-order valence-corrected chi connectivity index (χ3v) is 14.2. The molecule has 0 saturated heterocycles. The number of fused-ring (bicyclic) bond motifs is 8. The van der Waals surface area contributed by atoms with Gasteiger partial charge in [-0.1, -0.05) is 184 Å². The number of thiophene rings is 1. The summed E-state index contributed by atoms with van der Waals surface area (Å²) in [7, 11) is 0. The van der Waals surface area contributed by atoms with Crippen LogP contribution in [0.3, 0.4) is 0 Å². The Bertz CT molecular complexity index is 3520. The Labute approximate surface area is 360 Å². The molecule has 11 aromatic rings. The molecule has 0 radical (unpaired) electrons. The second kappa shape index (κ2) is 13.9. The fourth-order valence-electron chi connectivity index (χ4n) is 10.2. The van der Waals surface area contributed by atoms with Gasteiger partial charge in [0.25, 0.3) is 0 Å². The Morgan fingerprint density at radius 2 is 1.03 bits per heavy atom. The molecular formula is C59H41NS. The van der Waals surface area contributed by atoms with Crippen LogP contribution in [0.5, 0.6) is 0 Å². The van der Waals surface area contributed by atoms with Gasteiger partial charge in [-0.2, -0.15) is 0 Å². The van der Waals surface area contributed by atoms with E-state index in [1.807, 2.05) is 11.3 Å². The van der Waals surface area contributed by atoms with Crippen molar-refractivity contribution in [3.05, 3.63) is 223 Å². The van der Waals surface area contributed by atoms with Crippen LogP contribution < -0.4 is 4.90 Å². The van der Waals surface area contributed by atoms with Crippen LogP contribution in [0.1, 0.15) is 25.0 Å². The Morgan fingerprint density at radius 1 is 0.377 bits per heavy atom. The largest absolute Gasteiger partial charge is 0.309 e. The van der Waals surface area contributed by atoms with Crippen LogP contribution in [0.15, 0.2) is 212 Å². The third-order valence-electron chi connectivity index (χ3n) is 13.1. The van der Waals surface area contributed by atoms with Crippen LogP contribution in [0.2, 0.25) is 0 Å². The predicted molar refractivity (Wildman–Crippen MR) is 263 cm³/mol. The number of nitrogens with zero attached hydrogens (tertiary/aromatic N) is 1. The topological polar surface area (TPSA) is 3.24 Å². The highest BCUT2D eigenvalue weighted by atomic mass is 32.1. The monoisotopic (exact) mass is 795 g/mol. The van der Waals surface area contributed by atoms with Gasteiger partial charge in [0, 0.05) is 42.2 Å². The van der Waals surface area contributed by atoms with Crippen LogP contribution in [-0.2, 0) is 5.41 Å². The van der Waals surface area contributed by atoms with E-state index in [-0.39, 0.29) is 5.41 Å². The zero-order valence-corrected chi connectivity index (χ0v) is 34.9. The molecule has 1 nitrogen and oxygen atoms in total. The molecule has 1 aromatic heterocycles. The van der Waals surface area contributed by atoms with Gasteiger partial charge >= 0.3 is 0 Å². The van der Waals surface area contributed by atoms with Gasteiger partial charge in [0.05, 0.1) is 11.4 Å². The van der Waals surface area contributed by atoms with E-state index in [1.165, 1.54) is 97.4 Å². The van der Waals surface area contributed by atoms with Crippen molar-refractivity contribution in [1.29, 1.82) is 0 Å². The minimum atomic E-state index is -0.161. The van der Waals surface area contributed by atoms with Crippen LogP contribution in [-0.4, -0.2) is 0 Å². The van der Waals surface area contributed by atoms with E-state index in [4.69, 9.17) is 0 Å². The fraction of sp³-hybridized carbons (Fsp3) is 0.0508. The lowest BCUT2D eigenvalue weighted by Gasteiger charge is -2.32. The van der Waals surface area contributed by atoms with Crippen molar-refractivity contribution in [1.82, 2.24) is 0 Å². The maximum atomic E-state index is 2.55. The number of anilines is 3. The first-order valence-electron chi connectivity index (χ1n) is 21.2. The molecule has 0 saturated carbocycles. The van der Waals surface area contributed by atoms with E-state index in [9.17, 15) is 0 Å². The first kappa shape index (κ1) is 35.7. The molecule has 0 aliphatic heterocycles. The quantitative estimate of drug-likeness (QED) is 0.162. The van der Waals surface area contributed by atoms with Crippen molar-refractivity contribution in [3.63, 3.8) is 0 Å². The van der Waals surface area contributed by atoms with E-state index in [0.717, 1.165) is 17.1 Å². The van der Waals surface area contributed by atoms with E-state index in [0.29, 0.717) is 0 Å². The number of rotatable bonds is 6. The molecule has 1 heterocycles. The van der Waals surface area contributed by atoms with E-state index in [2.05, 4.69) is 231 Å². The van der Waals surface area contributed by atoms with Crippen LogP contribution in [0.25, 0.3) is 86.2 Å². The Balaban J connectivity index is 1.19. The molecule has 2 heteroatoms. The summed E-state index contributed by atoms with van der Waals surface area (Å²) in [4.78, 5) is 2.55. The van der Waals surface area contributed by atoms with Crippen molar-refractivity contribution in [2.45, 2.75) is 19.3 Å². The molecule has 0 spiro atoms. The van der Waals surface area contributed by atoms with Crippen molar-refractivity contribution < 1.29 is 0 Å². The maximum absolute atomic E-state index is 2.55. The number of hydrogen-bond donors (Lipinski definition) is 0. The van der Waals surface area contributed by atoms with Crippen molar-refractivity contribution in [3.8, 4) is 44.5 Å². The lowest BCUT2D eigenvalue weighted by molar-refractivity contribution is 0.660. The number of hydrogen-bond acceptors (Lipinski definition) is 2. The molecule has 1 aliphatic rings. The van der Waals surface area contributed by atoms with E-state index in [1.54, 1.807) is 0 Å². The lowest BCUT2D eigenvalue weighted by atomic mass is 9.82. The average Bonchev–Trinajstić information content (AvgIpc) is 3.81. The minimum Gasteiger partial charge on any atom is -0.309 e. The standard InChI is InChI=1S/C59H41NS/c1-59(2)51-26-12-10-21-45(51)46-33-32-42(37-52(46)59)60(53-35-34-43(39-17-4-3-5-18-39)44-20-8-9-22-47(44)53)54-27-14-24-48(57(54)41-31-30-38-16-6-7-19-40(38)36-41)49-25-15-29-56-58(49)50-23-11-13-28-55(50)61-56/h3-37H,1-2H3. The molecule has 1 aliphatic carbocycles. The number of benzene rings is 10. The molecule has 288 valence electrons. The van der Waals surface area contributed by atoms with Crippen molar-refractivity contribution in [2.24, 2.45) is 0 Å². The molecule has 10 aromatic carbocycles. The highest BCUT2D eigenvalue weighted by Crippen LogP contribution is 2.54. The van der Waals surface area contributed by atoms with E-state index < -0.39 is 0 Å². The van der Waals surface area contributed by atoms with Gasteiger partial charge in [-0.05, 0) is 109 Å². The zero-order valence-electron chi connectivity index (χ0n) is 34.1. The second-order valence-electron chi connectivity index (χ2n) is 16.8. The van der Waals surface area contributed by atoms with Gasteiger partial charge in [0.15, 0.2) is 0 Å². The molecule has 0 fully saturated rings. The first-order valence-corrected chi connectivity index (χ1v) is 22.0. The molecule has 0 atom stereocenters. The summed E-state index contributed by atoms with van der Waals surface area (Å²) in [6.07, 6.45) is 0. The molecule has 0 unspecified atom stereocenters. The van der Waals surface area contributed by atoms with Gasteiger partial charge in [0.2, 0.25) is 0 Å². The third kappa shape index (κ3) is 5.60. The molecule has 0 N–H and O–H groups in total. The SMILES string of the molecule is CC1(C)c2ccccc2-c2ccc(N(c3cccc(-c4cccc5sc6ccccc6c45)c3-c3ccc4ccccc4c3)c3ccc(-c4ccccc4)c4ccccc34)cc21. The lowest BCUT2D eigenvalue weighted by Crippen LogP contribution is -2.17. The molecule has 61 heavy (non-hydrogen) atoms. The van der Waals surface area contributed by atoms with Crippen LogP contribution in [0.4, 0.5) is 17.1 Å². The molecule has 12 rings (SSSR count). The van der Waals surface area contributed by atoms with Gasteiger partial charge < -0.3 is 4.90 Å². The van der Waals surface area contributed by atoms with Gasteiger partial charge in [-0.3, -0.25) is 0 Å². The zero-order chi connectivity index (χ0) is 40.7. The maximum Gasteiger partial charge on any atom is 0.0546 e. The van der Waals surface area contributed by atoms with Gasteiger partial charge in [-0.15, -0.1) is 11.3 Å². The summed E-state index contributed by atoms with van der Waals surface area (Å²) in [6, 6.07) is 78.9. The normalized spacial score (nSPS) is 12.9. The Morgan fingerprint density at radius 3 is 1.92 bits per heavy atom. The predicted octanol–water partition coefficient (Wildman–Crippen LogP) is 17.1. The van der Waals surface area contributed by atoms with Crippen LogP contribution >= 0.6 is 11.3 Å². The summed E-state index contributed by atoms with van der Waals surface area (Å²) in [5, 5.41) is 7.49. The van der Waals surface area contributed by atoms with Crippen molar-refractivity contribution in [2.75, 3.05) is 4.90 Å². The molecular weight excluding hydrogens is 755 g/mol. The average molecular weight is 796 g/mol. The van der Waals surface area contributed by atoms with E-state index >= 15 is 0 Å². The highest BCUT2D eigenvalue weighted by molar-refractivity contribution is 7.25. The summed E-state index contributed by atoms with van der Waals surface area (Å²) in [6.45, 7) is 4.76.